The Hall–Kier alpha value is -1.66. The molecule has 1 saturated heterocycles. The van der Waals surface area contributed by atoms with Crippen LogP contribution < -0.4 is 5.32 Å². The summed E-state index contributed by atoms with van der Waals surface area (Å²) in [4.78, 5) is 13.1. The van der Waals surface area contributed by atoms with Crippen molar-refractivity contribution in [2.45, 2.75) is 26.5 Å². The van der Waals surface area contributed by atoms with E-state index in [4.69, 9.17) is 4.74 Å². The van der Waals surface area contributed by atoms with Crippen molar-refractivity contribution < 1.29 is 9.66 Å². The Morgan fingerprint density at radius 1 is 1.55 bits per heavy atom. The lowest BCUT2D eigenvalue weighted by Gasteiger charge is -2.31. The van der Waals surface area contributed by atoms with Crippen molar-refractivity contribution in [1.29, 1.82) is 0 Å². The minimum absolute atomic E-state index is 0.144. The van der Waals surface area contributed by atoms with Gasteiger partial charge in [-0.15, -0.1) is 0 Å². The number of anilines is 1. The Bertz CT molecular complexity index is 479. The standard InChI is InChI=1S/C14H21N3O3/c1-3-15-13-5-4-12(8-14(13)17(18)19)10-16-6-7-20-11(2)9-16/h4-5,8,11,15H,3,6-7,9-10H2,1-2H3. The van der Waals surface area contributed by atoms with Gasteiger partial charge in [0.25, 0.3) is 5.69 Å². The van der Waals surface area contributed by atoms with Gasteiger partial charge in [0, 0.05) is 32.2 Å². The van der Waals surface area contributed by atoms with Crippen LogP contribution in [0, 0.1) is 10.1 Å². The van der Waals surface area contributed by atoms with E-state index in [1.54, 1.807) is 12.1 Å². The van der Waals surface area contributed by atoms with Gasteiger partial charge in [-0.25, -0.2) is 0 Å². The summed E-state index contributed by atoms with van der Waals surface area (Å²) in [5, 5.41) is 14.1. The highest BCUT2D eigenvalue weighted by molar-refractivity contribution is 5.62. The molecule has 1 aromatic rings. The van der Waals surface area contributed by atoms with E-state index in [1.807, 2.05) is 19.9 Å². The zero-order chi connectivity index (χ0) is 14.5. The summed E-state index contributed by atoms with van der Waals surface area (Å²) in [5.41, 5.74) is 1.69. The van der Waals surface area contributed by atoms with Gasteiger partial charge in [0.05, 0.1) is 17.6 Å². The van der Waals surface area contributed by atoms with E-state index in [1.165, 1.54) is 0 Å². The van der Waals surface area contributed by atoms with Gasteiger partial charge in [0.1, 0.15) is 5.69 Å². The summed E-state index contributed by atoms with van der Waals surface area (Å²) in [6.45, 7) is 7.81. The topological polar surface area (TPSA) is 67.6 Å². The molecule has 1 fully saturated rings. The normalized spacial score (nSPS) is 19.8. The highest BCUT2D eigenvalue weighted by Gasteiger charge is 2.19. The zero-order valence-corrected chi connectivity index (χ0v) is 12.0. The van der Waals surface area contributed by atoms with Crippen molar-refractivity contribution in [2.75, 3.05) is 31.6 Å². The van der Waals surface area contributed by atoms with E-state index in [-0.39, 0.29) is 16.7 Å². The van der Waals surface area contributed by atoms with Crippen molar-refractivity contribution in [2.24, 2.45) is 0 Å². The number of rotatable bonds is 5. The molecular formula is C14H21N3O3. The number of ether oxygens (including phenoxy) is 1. The lowest BCUT2D eigenvalue weighted by atomic mass is 10.1. The van der Waals surface area contributed by atoms with Gasteiger partial charge in [0.15, 0.2) is 0 Å². The molecule has 0 spiro atoms. The van der Waals surface area contributed by atoms with Gasteiger partial charge >= 0.3 is 0 Å². The Morgan fingerprint density at radius 2 is 2.35 bits per heavy atom. The molecule has 110 valence electrons. The van der Waals surface area contributed by atoms with Gasteiger partial charge in [0.2, 0.25) is 0 Å². The number of nitrogens with zero attached hydrogens (tertiary/aromatic N) is 2. The average Bonchev–Trinajstić information content (AvgIpc) is 2.40. The second-order valence-electron chi connectivity index (χ2n) is 5.06. The monoisotopic (exact) mass is 279 g/mol. The van der Waals surface area contributed by atoms with Gasteiger partial charge in [-0.3, -0.25) is 15.0 Å². The fourth-order valence-electron chi connectivity index (χ4n) is 2.46. The van der Waals surface area contributed by atoms with Crippen LogP contribution in [0.4, 0.5) is 11.4 Å². The smallest absolute Gasteiger partial charge is 0.292 e. The molecule has 6 nitrogen and oxygen atoms in total. The van der Waals surface area contributed by atoms with E-state index >= 15 is 0 Å². The van der Waals surface area contributed by atoms with Crippen LogP contribution in [-0.2, 0) is 11.3 Å². The fourth-order valence-corrected chi connectivity index (χ4v) is 2.46. The van der Waals surface area contributed by atoms with Crippen molar-refractivity contribution in [3.05, 3.63) is 33.9 Å². The molecule has 0 radical (unpaired) electrons. The number of hydrogen-bond acceptors (Lipinski definition) is 5. The molecule has 0 aromatic heterocycles. The largest absolute Gasteiger partial charge is 0.380 e. The first kappa shape index (κ1) is 14.7. The van der Waals surface area contributed by atoms with Crippen LogP contribution in [0.5, 0.6) is 0 Å². The number of benzene rings is 1. The third kappa shape index (κ3) is 3.68. The predicted octanol–water partition coefficient (Wildman–Crippen LogP) is 2.25. The second kappa shape index (κ2) is 6.67. The van der Waals surface area contributed by atoms with Crippen LogP contribution in [0.15, 0.2) is 18.2 Å². The number of nitro groups is 1. The molecule has 0 amide bonds. The molecule has 2 rings (SSSR count). The molecule has 1 aliphatic rings. The van der Waals surface area contributed by atoms with Crippen LogP contribution >= 0.6 is 0 Å². The maximum atomic E-state index is 11.1. The first-order valence-electron chi connectivity index (χ1n) is 6.95. The van der Waals surface area contributed by atoms with E-state index in [2.05, 4.69) is 10.2 Å². The molecule has 1 aromatic carbocycles. The van der Waals surface area contributed by atoms with Crippen LogP contribution in [-0.4, -0.2) is 42.2 Å². The summed E-state index contributed by atoms with van der Waals surface area (Å²) in [5.74, 6) is 0. The first-order valence-corrected chi connectivity index (χ1v) is 6.95. The van der Waals surface area contributed by atoms with Crippen molar-refractivity contribution in [3.63, 3.8) is 0 Å². The van der Waals surface area contributed by atoms with E-state index in [9.17, 15) is 10.1 Å². The van der Waals surface area contributed by atoms with Crippen molar-refractivity contribution >= 4 is 11.4 Å². The Balaban J connectivity index is 2.12. The van der Waals surface area contributed by atoms with E-state index in [0.717, 1.165) is 31.8 Å². The molecule has 20 heavy (non-hydrogen) atoms. The zero-order valence-electron chi connectivity index (χ0n) is 12.0. The summed E-state index contributed by atoms with van der Waals surface area (Å²) in [6, 6.07) is 5.41. The third-order valence-electron chi connectivity index (χ3n) is 3.36. The van der Waals surface area contributed by atoms with Gasteiger partial charge in [-0.05, 0) is 25.5 Å². The van der Waals surface area contributed by atoms with Crippen LogP contribution in [0.25, 0.3) is 0 Å². The van der Waals surface area contributed by atoms with Crippen LogP contribution in [0.1, 0.15) is 19.4 Å². The van der Waals surface area contributed by atoms with Gasteiger partial charge in [-0.1, -0.05) is 6.07 Å². The number of nitrogens with one attached hydrogen (secondary N) is 1. The number of morpholine rings is 1. The van der Waals surface area contributed by atoms with E-state index in [0.29, 0.717) is 12.2 Å². The highest BCUT2D eigenvalue weighted by Crippen LogP contribution is 2.26. The Morgan fingerprint density at radius 3 is 3.00 bits per heavy atom. The van der Waals surface area contributed by atoms with Crippen LogP contribution in [0.2, 0.25) is 0 Å². The van der Waals surface area contributed by atoms with Gasteiger partial charge < -0.3 is 10.1 Å². The predicted molar refractivity (Wildman–Crippen MR) is 78.0 cm³/mol. The summed E-state index contributed by atoms with van der Waals surface area (Å²) in [7, 11) is 0. The molecule has 1 aliphatic heterocycles. The Labute approximate surface area is 118 Å². The summed E-state index contributed by atoms with van der Waals surface area (Å²) >= 11 is 0. The Kier molecular flexibility index (Phi) is 4.92. The fraction of sp³-hybridized carbons (Fsp3) is 0.571. The molecule has 0 bridgehead atoms. The second-order valence-corrected chi connectivity index (χ2v) is 5.06. The SMILES string of the molecule is CCNc1ccc(CN2CCOC(C)C2)cc1[N+](=O)[O-]. The van der Waals surface area contributed by atoms with Crippen molar-refractivity contribution in [3.8, 4) is 0 Å². The minimum Gasteiger partial charge on any atom is -0.380 e. The average molecular weight is 279 g/mol. The summed E-state index contributed by atoms with van der Waals surface area (Å²) in [6.07, 6.45) is 0.222. The minimum atomic E-state index is -0.330. The maximum Gasteiger partial charge on any atom is 0.292 e. The van der Waals surface area contributed by atoms with Gasteiger partial charge in [-0.2, -0.15) is 0 Å². The summed E-state index contributed by atoms with van der Waals surface area (Å²) < 4.78 is 5.50. The molecule has 6 heteroatoms. The number of nitro benzene ring substituents is 1. The molecule has 1 unspecified atom stereocenters. The molecule has 1 atom stereocenters. The van der Waals surface area contributed by atoms with Crippen LogP contribution in [0.3, 0.4) is 0 Å². The molecule has 1 N–H and O–H groups in total. The lowest BCUT2D eigenvalue weighted by Crippen LogP contribution is -2.40. The number of hydrogen-bond donors (Lipinski definition) is 1. The lowest BCUT2D eigenvalue weighted by molar-refractivity contribution is -0.384. The maximum absolute atomic E-state index is 11.1. The first-order chi connectivity index (χ1) is 9.60. The van der Waals surface area contributed by atoms with Crippen molar-refractivity contribution in [1.82, 2.24) is 4.90 Å². The highest BCUT2D eigenvalue weighted by atomic mass is 16.6. The quantitative estimate of drug-likeness (QED) is 0.661. The van der Waals surface area contributed by atoms with E-state index < -0.39 is 0 Å². The molecule has 0 saturated carbocycles. The molecule has 1 heterocycles. The third-order valence-corrected chi connectivity index (χ3v) is 3.36. The molecular weight excluding hydrogens is 258 g/mol. The molecule has 0 aliphatic carbocycles.